The number of nitrogens with one attached hydrogen (secondary N) is 2. The van der Waals surface area contributed by atoms with Crippen LogP contribution >= 0.6 is 11.6 Å². The monoisotopic (exact) mass is 400 g/mol. The van der Waals surface area contributed by atoms with Crippen molar-refractivity contribution in [3.63, 3.8) is 0 Å². The highest BCUT2D eigenvalue weighted by Crippen LogP contribution is 2.34. The molecule has 2 rings (SSSR count). The summed E-state index contributed by atoms with van der Waals surface area (Å²) in [6, 6.07) is 10.8. The SMILES string of the molecule is O=C(CNC(=O)c1ccccc1Cl)NCC(O)c1ccccc1C(F)(F)F. The zero-order valence-electron chi connectivity index (χ0n) is 13.9. The lowest BCUT2D eigenvalue weighted by atomic mass is 10.0. The number of alkyl halides is 3. The first-order valence-electron chi connectivity index (χ1n) is 7.83. The molecule has 2 amide bonds. The predicted octanol–water partition coefficient (Wildman–Crippen LogP) is 2.94. The molecule has 144 valence electrons. The van der Waals surface area contributed by atoms with Crippen molar-refractivity contribution in [3.05, 3.63) is 70.2 Å². The average Bonchev–Trinajstić information content (AvgIpc) is 2.63. The zero-order chi connectivity index (χ0) is 20.0. The maximum absolute atomic E-state index is 13.0. The van der Waals surface area contributed by atoms with E-state index in [9.17, 15) is 27.9 Å². The van der Waals surface area contributed by atoms with Crippen molar-refractivity contribution in [1.82, 2.24) is 10.6 Å². The number of benzene rings is 2. The maximum atomic E-state index is 13.0. The van der Waals surface area contributed by atoms with Gasteiger partial charge in [-0.2, -0.15) is 13.2 Å². The molecule has 0 bridgehead atoms. The van der Waals surface area contributed by atoms with Gasteiger partial charge in [-0.05, 0) is 23.8 Å². The minimum Gasteiger partial charge on any atom is -0.387 e. The van der Waals surface area contributed by atoms with Crippen molar-refractivity contribution < 1.29 is 27.9 Å². The molecule has 27 heavy (non-hydrogen) atoms. The van der Waals surface area contributed by atoms with E-state index in [-0.39, 0.29) is 16.1 Å². The summed E-state index contributed by atoms with van der Waals surface area (Å²) in [5, 5.41) is 14.8. The Hall–Kier alpha value is -2.58. The fraction of sp³-hybridized carbons (Fsp3) is 0.222. The predicted molar refractivity (Wildman–Crippen MR) is 93.2 cm³/mol. The third kappa shape index (κ3) is 5.70. The molecule has 3 N–H and O–H groups in total. The van der Waals surface area contributed by atoms with E-state index < -0.39 is 42.7 Å². The Morgan fingerprint density at radius 2 is 1.67 bits per heavy atom. The molecule has 0 saturated heterocycles. The molecule has 0 radical (unpaired) electrons. The van der Waals surface area contributed by atoms with Crippen LogP contribution in [0.25, 0.3) is 0 Å². The van der Waals surface area contributed by atoms with Crippen LogP contribution in [0.15, 0.2) is 48.5 Å². The topological polar surface area (TPSA) is 78.4 Å². The number of hydrogen-bond donors (Lipinski definition) is 3. The highest BCUT2D eigenvalue weighted by molar-refractivity contribution is 6.33. The van der Waals surface area contributed by atoms with Crippen molar-refractivity contribution in [3.8, 4) is 0 Å². The Kier molecular flexibility index (Phi) is 6.81. The van der Waals surface area contributed by atoms with E-state index in [1.807, 2.05) is 0 Å². The Labute approximate surface area is 158 Å². The first kappa shape index (κ1) is 20.7. The molecule has 0 fully saturated rings. The van der Waals surface area contributed by atoms with Crippen LogP contribution in [0.3, 0.4) is 0 Å². The highest BCUT2D eigenvalue weighted by Gasteiger charge is 2.34. The molecule has 0 aliphatic rings. The fourth-order valence-corrected chi connectivity index (χ4v) is 2.55. The molecule has 1 unspecified atom stereocenters. The summed E-state index contributed by atoms with van der Waals surface area (Å²) in [4.78, 5) is 23.7. The molecule has 2 aromatic rings. The van der Waals surface area contributed by atoms with Crippen molar-refractivity contribution in [2.24, 2.45) is 0 Å². The van der Waals surface area contributed by atoms with Gasteiger partial charge in [0.05, 0.1) is 28.8 Å². The van der Waals surface area contributed by atoms with E-state index in [4.69, 9.17) is 11.6 Å². The second-order valence-electron chi connectivity index (χ2n) is 5.57. The first-order valence-corrected chi connectivity index (χ1v) is 8.21. The third-order valence-corrected chi connectivity index (χ3v) is 3.98. The molecule has 5 nitrogen and oxygen atoms in total. The number of aliphatic hydroxyl groups excluding tert-OH is 1. The van der Waals surface area contributed by atoms with Gasteiger partial charge in [-0.15, -0.1) is 0 Å². The van der Waals surface area contributed by atoms with E-state index in [2.05, 4.69) is 10.6 Å². The summed E-state index contributed by atoms with van der Waals surface area (Å²) in [6.45, 7) is -0.856. The van der Waals surface area contributed by atoms with Gasteiger partial charge in [0.15, 0.2) is 0 Å². The number of rotatable bonds is 6. The Morgan fingerprint density at radius 3 is 2.33 bits per heavy atom. The number of hydrogen-bond acceptors (Lipinski definition) is 3. The van der Waals surface area contributed by atoms with Crippen molar-refractivity contribution in [2.45, 2.75) is 12.3 Å². The van der Waals surface area contributed by atoms with Crippen molar-refractivity contribution in [2.75, 3.05) is 13.1 Å². The lowest BCUT2D eigenvalue weighted by Gasteiger charge is -2.18. The number of carbonyl (C=O) groups is 2. The first-order chi connectivity index (χ1) is 12.7. The van der Waals surface area contributed by atoms with Gasteiger partial charge in [-0.3, -0.25) is 9.59 Å². The lowest BCUT2D eigenvalue weighted by molar-refractivity contribution is -0.139. The van der Waals surface area contributed by atoms with Crippen molar-refractivity contribution in [1.29, 1.82) is 0 Å². The molecule has 1 atom stereocenters. The standard InChI is InChI=1S/C18H16ClF3N2O3/c19-14-8-4-2-6-12(14)17(27)24-10-16(26)23-9-15(25)11-5-1-3-7-13(11)18(20,21)22/h1-8,15,25H,9-10H2,(H,23,26)(H,24,27). The second kappa shape index (κ2) is 8.88. The number of carbonyl (C=O) groups excluding carboxylic acids is 2. The maximum Gasteiger partial charge on any atom is 0.416 e. The zero-order valence-corrected chi connectivity index (χ0v) is 14.6. The Balaban J connectivity index is 1.89. The molecule has 0 aliphatic carbocycles. The summed E-state index contributed by atoms with van der Waals surface area (Å²) in [5.74, 6) is -1.24. The fourth-order valence-electron chi connectivity index (χ4n) is 2.33. The molecule has 0 aromatic heterocycles. The van der Waals surface area contributed by atoms with Gasteiger partial charge >= 0.3 is 6.18 Å². The second-order valence-corrected chi connectivity index (χ2v) is 5.97. The Bertz CT molecular complexity index is 827. The quantitative estimate of drug-likeness (QED) is 0.697. The van der Waals surface area contributed by atoms with E-state index in [1.165, 1.54) is 24.3 Å². The molecule has 0 saturated carbocycles. The summed E-state index contributed by atoms with van der Waals surface area (Å²) in [7, 11) is 0. The summed E-state index contributed by atoms with van der Waals surface area (Å²) in [5.41, 5.74) is -1.13. The number of halogens is 4. The minimum absolute atomic E-state index is 0.186. The van der Waals surface area contributed by atoms with Gasteiger partial charge in [-0.1, -0.05) is 41.9 Å². The smallest absolute Gasteiger partial charge is 0.387 e. The summed E-state index contributed by atoms with van der Waals surface area (Å²) < 4.78 is 38.9. The molecular formula is C18H16ClF3N2O3. The number of amides is 2. The summed E-state index contributed by atoms with van der Waals surface area (Å²) >= 11 is 5.87. The minimum atomic E-state index is -4.62. The van der Waals surface area contributed by atoms with Crippen LogP contribution in [0.1, 0.15) is 27.6 Å². The van der Waals surface area contributed by atoms with E-state index in [1.54, 1.807) is 12.1 Å². The lowest BCUT2D eigenvalue weighted by Crippen LogP contribution is -2.38. The van der Waals surface area contributed by atoms with Crippen LogP contribution in [-0.2, 0) is 11.0 Å². The van der Waals surface area contributed by atoms with Crippen LogP contribution in [0, 0.1) is 0 Å². The van der Waals surface area contributed by atoms with Gasteiger partial charge in [0.1, 0.15) is 0 Å². The van der Waals surface area contributed by atoms with Crippen molar-refractivity contribution >= 4 is 23.4 Å². The molecule has 9 heteroatoms. The largest absolute Gasteiger partial charge is 0.416 e. The Morgan fingerprint density at radius 1 is 1.04 bits per heavy atom. The summed E-state index contributed by atoms with van der Waals surface area (Å²) in [6.07, 6.45) is -6.17. The van der Waals surface area contributed by atoms with Gasteiger partial charge in [-0.25, -0.2) is 0 Å². The van der Waals surface area contributed by atoms with Gasteiger partial charge in [0.25, 0.3) is 5.91 Å². The van der Waals surface area contributed by atoms with Crippen LogP contribution in [-0.4, -0.2) is 30.0 Å². The van der Waals surface area contributed by atoms with E-state index in [0.717, 1.165) is 12.1 Å². The van der Waals surface area contributed by atoms with Gasteiger partial charge in [0, 0.05) is 6.54 Å². The third-order valence-electron chi connectivity index (χ3n) is 3.65. The molecule has 0 spiro atoms. The molecular weight excluding hydrogens is 385 g/mol. The number of aliphatic hydroxyl groups is 1. The highest BCUT2D eigenvalue weighted by atomic mass is 35.5. The van der Waals surface area contributed by atoms with E-state index in [0.29, 0.717) is 0 Å². The van der Waals surface area contributed by atoms with Crippen LogP contribution < -0.4 is 10.6 Å². The average molecular weight is 401 g/mol. The van der Waals surface area contributed by atoms with Crippen LogP contribution in [0.2, 0.25) is 5.02 Å². The van der Waals surface area contributed by atoms with Crippen LogP contribution in [0.5, 0.6) is 0 Å². The van der Waals surface area contributed by atoms with Gasteiger partial charge in [0.2, 0.25) is 5.91 Å². The van der Waals surface area contributed by atoms with Crippen LogP contribution in [0.4, 0.5) is 13.2 Å². The van der Waals surface area contributed by atoms with Gasteiger partial charge < -0.3 is 15.7 Å². The molecule has 0 aliphatic heterocycles. The normalized spacial score (nSPS) is 12.3. The molecule has 0 heterocycles. The van der Waals surface area contributed by atoms with E-state index >= 15 is 0 Å². The molecule has 2 aromatic carbocycles.